The predicted molar refractivity (Wildman–Crippen MR) is 42.4 cm³/mol. The number of halogens is 1. The van der Waals surface area contributed by atoms with Gasteiger partial charge in [0.15, 0.2) is 5.83 Å². The van der Waals surface area contributed by atoms with Crippen LogP contribution in [-0.4, -0.2) is 7.11 Å². The molecular weight excluding hydrogens is 131 g/mol. The van der Waals surface area contributed by atoms with Crippen molar-refractivity contribution >= 4 is 0 Å². The van der Waals surface area contributed by atoms with Crippen molar-refractivity contribution in [2.45, 2.75) is 20.8 Å². The Morgan fingerprint density at radius 3 is 1.90 bits per heavy atom. The van der Waals surface area contributed by atoms with Gasteiger partial charge in [0.1, 0.15) is 5.76 Å². The van der Waals surface area contributed by atoms with E-state index in [0.29, 0.717) is 0 Å². The molecule has 0 atom stereocenters. The molecule has 0 spiro atoms. The maximum absolute atomic E-state index is 12.0. The third-order valence-corrected chi connectivity index (χ3v) is 0.749. The highest BCUT2D eigenvalue weighted by Gasteiger charge is 1.95. The Hall–Kier alpha value is -0.790. The Bertz CT molecular complexity index is 116. The normalized spacial score (nSPS) is 9.50. The summed E-state index contributed by atoms with van der Waals surface area (Å²) in [5.74, 6) is -0.333. The van der Waals surface area contributed by atoms with E-state index < -0.39 is 5.83 Å². The van der Waals surface area contributed by atoms with Gasteiger partial charge in [0.2, 0.25) is 0 Å². The fourth-order valence-corrected chi connectivity index (χ4v) is 0.385. The second-order valence-electron chi connectivity index (χ2n) is 1.26. The van der Waals surface area contributed by atoms with Crippen LogP contribution in [0, 0.1) is 0 Å². The van der Waals surface area contributed by atoms with Gasteiger partial charge in [0.05, 0.1) is 7.11 Å². The van der Waals surface area contributed by atoms with E-state index in [2.05, 4.69) is 11.3 Å². The zero-order valence-electron chi connectivity index (χ0n) is 7.07. The Balaban J connectivity index is 0. The topological polar surface area (TPSA) is 9.23 Å². The molecule has 0 saturated heterocycles. The van der Waals surface area contributed by atoms with Crippen LogP contribution in [0.25, 0.3) is 0 Å². The summed E-state index contributed by atoms with van der Waals surface area (Å²) in [6.07, 6.45) is 1.52. The summed E-state index contributed by atoms with van der Waals surface area (Å²) in [5, 5.41) is 0. The molecule has 0 amide bonds. The van der Waals surface area contributed by atoms with Gasteiger partial charge in [-0.2, -0.15) is 0 Å². The minimum Gasteiger partial charge on any atom is -0.494 e. The van der Waals surface area contributed by atoms with E-state index in [1.165, 1.54) is 13.2 Å². The van der Waals surface area contributed by atoms with Crippen molar-refractivity contribution in [1.82, 2.24) is 0 Å². The van der Waals surface area contributed by atoms with Crippen LogP contribution in [0.4, 0.5) is 4.39 Å². The largest absolute Gasteiger partial charge is 0.494 e. The van der Waals surface area contributed by atoms with Crippen LogP contribution in [0.15, 0.2) is 24.2 Å². The first-order valence-electron chi connectivity index (χ1n) is 3.27. The molecule has 0 bridgehead atoms. The number of hydrogen-bond donors (Lipinski definition) is 0. The van der Waals surface area contributed by atoms with Crippen molar-refractivity contribution in [3.63, 3.8) is 0 Å². The van der Waals surface area contributed by atoms with Crippen molar-refractivity contribution in [1.29, 1.82) is 0 Å². The van der Waals surface area contributed by atoms with Crippen LogP contribution in [-0.2, 0) is 4.74 Å². The molecule has 0 aliphatic rings. The zero-order valence-corrected chi connectivity index (χ0v) is 7.07. The highest BCUT2D eigenvalue weighted by atomic mass is 19.1. The van der Waals surface area contributed by atoms with Crippen molar-refractivity contribution in [2.75, 3.05) is 7.11 Å². The summed E-state index contributed by atoms with van der Waals surface area (Å²) in [6.45, 7) is 8.72. The quantitative estimate of drug-likeness (QED) is 0.429. The Labute approximate surface area is 62.2 Å². The first-order valence-corrected chi connectivity index (χ1v) is 3.27. The fraction of sp³-hybridized carbons (Fsp3) is 0.500. The summed E-state index contributed by atoms with van der Waals surface area (Å²) < 4.78 is 16.5. The van der Waals surface area contributed by atoms with E-state index in [4.69, 9.17) is 0 Å². The highest BCUT2D eigenvalue weighted by molar-refractivity contribution is 5.14. The number of allylic oxidation sites excluding steroid dienone is 2. The number of ether oxygens (including phenoxy) is 1. The number of methoxy groups -OCH3 is 1. The lowest BCUT2D eigenvalue weighted by atomic mass is 10.4. The highest BCUT2D eigenvalue weighted by Crippen LogP contribution is 2.07. The average molecular weight is 146 g/mol. The Morgan fingerprint density at radius 2 is 1.90 bits per heavy atom. The van der Waals surface area contributed by atoms with Gasteiger partial charge in [-0.25, -0.2) is 4.39 Å². The van der Waals surface area contributed by atoms with Gasteiger partial charge < -0.3 is 4.74 Å². The molecule has 0 aromatic heterocycles. The first kappa shape index (κ1) is 11.9. The van der Waals surface area contributed by atoms with Gasteiger partial charge in [0, 0.05) is 0 Å². The standard InChI is InChI=1S/C6H9FO.C2H6/c1-4-6(8-3)5(2)7;1-2/h4H,2H2,1,3H3;1-2H3/b6-4+;. The van der Waals surface area contributed by atoms with Gasteiger partial charge in [0.25, 0.3) is 0 Å². The second-order valence-corrected chi connectivity index (χ2v) is 1.26. The van der Waals surface area contributed by atoms with Crippen LogP contribution in [0.2, 0.25) is 0 Å². The van der Waals surface area contributed by atoms with Crippen molar-refractivity contribution in [3.8, 4) is 0 Å². The van der Waals surface area contributed by atoms with Crippen LogP contribution in [0.5, 0.6) is 0 Å². The maximum atomic E-state index is 12.0. The minimum atomic E-state index is -0.532. The molecule has 1 nitrogen and oxygen atoms in total. The molecule has 0 radical (unpaired) electrons. The number of rotatable bonds is 2. The van der Waals surface area contributed by atoms with Crippen molar-refractivity contribution in [3.05, 3.63) is 24.2 Å². The van der Waals surface area contributed by atoms with E-state index in [9.17, 15) is 4.39 Å². The first-order chi connectivity index (χ1) is 4.72. The molecular formula is C8H15FO. The van der Waals surface area contributed by atoms with E-state index >= 15 is 0 Å². The monoisotopic (exact) mass is 146 g/mol. The summed E-state index contributed by atoms with van der Waals surface area (Å²) in [5.41, 5.74) is 0. The van der Waals surface area contributed by atoms with E-state index in [1.807, 2.05) is 13.8 Å². The lowest BCUT2D eigenvalue weighted by molar-refractivity contribution is 0.283. The lowest BCUT2D eigenvalue weighted by Gasteiger charge is -1.97. The molecule has 60 valence electrons. The minimum absolute atomic E-state index is 0.199. The van der Waals surface area contributed by atoms with E-state index in [1.54, 1.807) is 6.92 Å². The lowest BCUT2D eigenvalue weighted by Crippen LogP contribution is -1.83. The number of hydrogen-bond acceptors (Lipinski definition) is 1. The second kappa shape index (κ2) is 8.21. The smallest absolute Gasteiger partial charge is 0.157 e. The van der Waals surface area contributed by atoms with Gasteiger partial charge in [-0.15, -0.1) is 0 Å². The molecule has 0 aromatic rings. The average Bonchev–Trinajstić information content (AvgIpc) is 1.94. The fourth-order valence-electron chi connectivity index (χ4n) is 0.385. The van der Waals surface area contributed by atoms with E-state index in [0.717, 1.165) is 0 Å². The molecule has 0 N–H and O–H groups in total. The van der Waals surface area contributed by atoms with E-state index in [-0.39, 0.29) is 5.76 Å². The van der Waals surface area contributed by atoms with Gasteiger partial charge in [-0.05, 0) is 13.0 Å². The molecule has 0 unspecified atom stereocenters. The van der Waals surface area contributed by atoms with Crippen LogP contribution < -0.4 is 0 Å². The van der Waals surface area contributed by atoms with Crippen LogP contribution in [0.1, 0.15) is 20.8 Å². The summed E-state index contributed by atoms with van der Waals surface area (Å²) in [6, 6.07) is 0. The SMILES string of the molecule is C=C(F)/C(=C\C)OC.CC. The van der Waals surface area contributed by atoms with Crippen LogP contribution >= 0.6 is 0 Å². The molecule has 10 heavy (non-hydrogen) atoms. The molecule has 0 aromatic carbocycles. The molecule has 0 rings (SSSR count). The van der Waals surface area contributed by atoms with Gasteiger partial charge in [-0.3, -0.25) is 0 Å². The molecule has 0 aliphatic heterocycles. The predicted octanol–water partition coefficient (Wildman–Crippen LogP) is 3.05. The third kappa shape index (κ3) is 5.35. The summed E-state index contributed by atoms with van der Waals surface area (Å²) >= 11 is 0. The van der Waals surface area contributed by atoms with Crippen molar-refractivity contribution < 1.29 is 9.13 Å². The molecule has 0 heterocycles. The Kier molecular flexibility index (Phi) is 9.80. The molecule has 0 aliphatic carbocycles. The molecule has 0 saturated carbocycles. The summed E-state index contributed by atoms with van der Waals surface area (Å²) in [7, 11) is 1.40. The van der Waals surface area contributed by atoms with Gasteiger partial charge >= 0.3 is 0 Å². The molecule has 0 fully saturated rings. The zero-order chi connectivity index (χ0) is 8.57. The summed E-state index contributed by atoms with van der Waals surface area (Å²) in [4.78, 5) is 0. The molecule has 2 heteroatoms. The van der Waals surface area contributed by atoms with Crippen LogP contribution in [0.3, 0.4) is 0 Å². The van der Waals surface area contributed by atoms with Crippen molar-refractivity contribution in [2.24, 2.45) is 0 Å². The van der Waals surface area contributed by atoms with Gasteiger partial charge in [-0.1, -0.05) is 20.4 Å². The Morgan fingerprint density at radius 1 is 1.50 bits per heavy atom. The maximum Gasteiger partial charge on any atom is 0.157 e. The third-order valence-electron chi connectivity index (χ3n) is 0.749.